The number of rotatable bonds is 11. The maximum Gasteiger partial charge on any atom is 0.303 e. The number of hydrogen-bond donors (Lipinski definition) is 2. The van der Waals surface area contributed by atoms with Crippen LogP contribution in [0.25, 0.3) is 11.6 Å². The van der Waals surface area contributed by atoms with Crippen molar-refractivity contribution >= 4 is 29.2 Å². The van der Waals surface area contributed by atoms with Crippen LogP contribution in [0, 0.1) is 18.8 Å². The van der Waals surface area contributed by atoms with Crippen molar-refractivity contribution in [3.8, 4) is 5.75 Å². The van der Waals surface area contributed by atoms with Crippen LogP contribution in [-0.2, 0) is 22.6 Å². The van der Waals surface area contributed by atoms with E-state index in [4.69, 9.17) is 9.84 Å². The Labute approximate surface area is 237 Å². The summed E-state index contributed by atoms with van der Waals surface area (Å²) in [6.45, 7) is 10.9. The summed E-state index contributed by atoms with van der Waals surface area (Å²) in [5.74, 6) is 0.323. The highest BCUT2D eigenvalue weighted by atomic mass is 16.5. The summed E-state index contributed by atoms with van der Waals surface area (Å²) in [5, 5.41) is 14.7. The number of ether oxygens (including phenoxy) is 1. The van der Waals surface area contributed by atoms with Crippen LogP contribution in [0.1, 0.15) is 75.1 Å². The molecule has 4 rings (SSSR count). The molecule has 1 aliphatic carbocycles. The molecule has 0 spiro atoms. The summed E-state index contributed by atoms with van der Waals surface area (Å²) in [6.07, 6.45) is 4.31. The average molecular weight is 540 g/mol. The molecule has 0 heterocycles. The maximum absolute atomic E-state index is 13.7. The van der Waals surface area contributed by atoms with Gasteiger partial charge in [0, 0.05) is 12.1 Å². The van der Waals surface area contributed by atoms with Gasteiger partial charge in [-0.15, -0.1) is 0 Å². The molecule has 5 nitrogen and oxygen atoms in total. The van der Waals surface area contributed by atoms with E-state index >= 15 is 0 Å². The first-order chi connectivity index (χ1) is 19.1. The van der Waals surface area contributed by atoms with Gasteiger partial charge in [0.2, 0.25) is 5.91 Å². The number of nitrogens with one attached hydrogen (secondary N) is 1. The van der Waals surface area contributed by atoms with Gasteiger partial charge in [-0.1, -0.05) is 69.3 Å². The zero-order valence-corrected chi connectivity index (χ0v) is 24.3. The van der Waals surface area contributed by atoms with Crippen LogP contribution in [0.2, 0.25) is 0 Å². The summed E-state index contributed by atoms with van der Waals surface area (Å²) in [6, 6.07) is 20.5. The Bertz CT molecular complexity index is 1500. The molecule has 3 aromatic carbocycles. The van der Waals surface area contributed by atoms with Gasteiger partial charge in [-0.25, -0.2) is 0 Å². The zero-order valence-electron chi connectivity index (χ0n) is 24.3. The van der Waals surface area contributed by atoms with Gasteiger partial charge in [-0.3, -0.25) is 9.59 Å². The lowest BCUT2D eigenvalue weighted by atomic mass is 9.82. The standard InChI is InChI=1S/C35H41NO4/c1-22(2)29-17-23(3)18-30(20-29)40-21-26-14-16-28(10-8-12-33(37)38)32(19-26)36-35(39)25(5)34-24(4)13-15-27-9-6-7-11-31(27)34/h6-7,9,11,14-20,22,24-25H,8,10,12-13,21H2,1-5H3,(H,36,39)(H,37,38). The smallest absolute Gasteiger partial charge is 0.303 e. The summed E-state index contributed by atoms with van der Waals surface area (Å²) in [5.41, 5.74) is 6.14. The molecule has 0 fully saturated rings. The third-order valence-electron chi connectivity index (χ3n) is 7.77. The number of carbonyl (C=O) groups excluding carboxylic acids is 1. The first-order valence-electron chi connectivity index (χ1n) is 14.3. The second-order valence-electron chi connectivity index (χ2n) is 11.4. The van der Waals surface area contributed by atoms with Gasteiger partial charge < -0.3 is 15.2 Å². The number of aryl methyl sites for hydroxylation is 2. The van der Waals surface area contributed by atoms with Crippen LogP contribution in [0.3, 0.4) is 0 Å². The third kappa shape index (κ3) is 7.20. The maximum atomic E-state index is 13.7. The molecular formula is C35H41NO4. The number of carboxylic acid groups (broad SMARTS) is 1. The Morgan fingerprint density at radius 1 is 1.05 bits per heavy atom. The number of amides is 1. The van der Waals surface area contributed by atoms with E-state index in [9.17, 15) is 9.59 Å². The normalized spacial score (nSPS) is 15.2. The van der Waals surface area contributed by atoms with Gasteiger partial charge in [0.25, 0.3) is 0 Å². The van der Waals surface area contributed by atoms with Crippen molar-refractivity contribution < 1.29 is 19.4 Å². The second-order valence-corrected chi connectivity index (χ2v) is 11.4. The summed E-state index contributed by atoms with van der Waals surface area (Å²) < 4.78 is 6.17. The topological polar surface area (TPSA) is 75.6 Å². The number of anilines is 1. The minimum absolute atomic E-state index is 0.0589. The molecule has 0 radical (unpaired) electrons. The van der Waals surface area contributed by atoms with Gasteiger partial charge in [0.15, 0.2) is 0 Å². The zero-order chi connectivity index (χ0) is 28.8. The monoisotopic (exact) mass is 539 g/mol. The minimum Gasteiger partial charge on any atom is -0.489 e. The number of aliphatic carboxylic acids is 1. The minimum atomic E-state index is -0.818. The highest BCUT2D eigenvalue weighted by Gasteiger charge is 2.25. The molecule has 2 N–H and O–H groups in total. The molecule has 0 aliphatic heterocycles. The van der Waals surface area contributed by atoms with E-state index in [2.05, 4.69) is 63.4 Å². The third-order valence-corrected chi connectivity index (χ3v) is 7.77. The van der Waals surface area contributed by atoms with Gasteiger partial charge >= 0.3 is 5.97 Å². The average Bonchev–Trinajstić information content (AvgIpc) is 2.92. The molecule has 1 amide bonds. The number of carboxylic acids is 1. The predicted molar refractivity (Wildman–Crippen MR) is 162 cm³/mol. The van der Waals surface area contributed by atoms with E-state index in [0.29, 0.717) is 25.4 Å². The van der Waals surface area contributed by atoms with Gasteiger partial charge in [0.05, 0.1) is 5.92 Å². The first kappa shape index (κ1) is 29.1. The van der Waals surface area contributed by atoms with Crippen LogP contribution in [0.4, 0.5) is 5.69 Å². The predicted octanol–water partition coefficient (Wildman–Crippen LogP) is 6.35. The molecule has 0 saturated carbocycles. The fourth-order valence-electron chi connectivity index (χ4n) is 5.51. The van der Waals surface area contributed by atoms with Crippen molar-refractivity contribution in [2.45, 2.75) is 72.8 Å². The van der Waals surface area contributed by atoms with Crippen molar-refractivity contribution in [1.29, 1.82) is 0 Å². The number of hydrogen-bond acceptors (Lipinski definition) is 3. The van der Waals surface area contributed by atoms with Crippen molar-refractivity contribution in [1.82, 2.24) is 0 Å². The summed E-state index contributed by atoms with van der Waals surface area (Å²) in [4.78, 5) is 24.8. The highest BCUT2D eigenvalue weighted by Crippen LogP contribution is 2.29. The fraction of sp³-hybridized carbons (Fsp3) is 0.371. The lowest BCUT2D eigenvalue weighted by molar-refractivity contribution is -0.137. The number of benzene rings is 3. The van der Waals surface area contributed by atoms with Gasteiger partial charge in [-0.05, 0) is 101 Å². The molecule has 0 saturated heterocycles. The quantitative estimate of drug-likeness (QED) is 0.298. The van der Waals surface area contributed by atoms with E-state index < -0.39 is 5.97 Å². The fourth-order valence-corrected chi connectivity index (χ4v) is 5.51. The van der Waals surface area contributed by atoms with E-state index in [1.807, 2.05) is 43.3 Å². The van der Waals surface area contributed by atoms with Crippen LogP contribution in [-0.4, -0.2) is 17.0 Å². The van der Waals surface area contributed by atoms with E-state index in [1.54, 1.807) is 0 Å². The van der Waals surface area contributed by atoms with E-state index in [-0.39, 0.29) is 24.2 Å². The van der Waals surface area contributed by atoms with E-state index in [1.165, 1.54) is 10.8 Å². The van der Waals surface area contributed by atoms with Crippen molar-refractivity contribution in [3.63, 3.8) is 0 Å². The van der Waals surface area contributed by atoms with Gasteiger partial charge in [0.1, 0.15) is 12.4 Å². The molecule has 0 bridgehead atoms. The van der Waals surface area contributed by atoms with Gasteiger partial charge in [-0.2, -0.15) is 0 Å². The largest absolute Gasteiger partial charge is 0.489 e. The Balaban J connectivity index is 1.58. The van der Waals surface area contributed by atoms with Crippen LogP contribution < -0.4 is 20.5 Å². The Morgan fingerprint density at radius 3 is 2.58 bits per heavy atom. The summed E-state index contributed by atoms with van der Waals surface area (Å²) >= 11 is 0. The Hall–Kier alpha value is -3.86. The van der Waals surface area contributed by atoms with Crippen LogP contribution in [0.5, 0.6) is 5.75 Å². The molecule has 40 heavy (non-hydrogen) atoms. The summed E-state index contributed by atoms with van der Waals surface area (Å²) in [7, 11) is 0. The molecule has 210 valence electrons. The van der Waals surface area contributed by atoms with Crippen molar-refractivity contribution in [2.75, 3.05) is 5.32 Å². The van der Waals surface area contributed by atoms with Crippen molar-refractivity contribution in [3.05, 3.63) is 93.4 Å². The lowest BCUT2D eigenvalue weighted by Gasteiger charge is -2.24. The molecule has 1 aliphatic rings. The molecule has 0 aromatic heterocycles. The van der Waals surface area contributed by atoms with Crippen molar-refractivity contribution in [2.24, 2.45) is 11.8 Å². The van der Waals surface area contributed by atoms with Crippen LogP contribution in [0.15, 0.2) is 60.7 Å². The first-order valence-corrected chi connectivity index (χ1v) is 14.3. The number of carbonyl (C=O) groups is 2. The molecule has 2 unspecified atom stereocenters. The lowest BCUT2D eigenvalue weighted by Crippen LogP contribution is -2.37. The molecule has 2 atom stereocenters. The Morgan fingerprint density at radius 2 is 1.82 bits per heavy atom. The van der Waals surface area contributed by atoms with Crippen LogP contribution >= 0.6 is 0 Å². The van der Waals surface area contributed by atoms with E-state index in [0.717, 1.165) is 45.3 Å². The second kappa shape index (κ2) is 13.0. The molecular weight excluding hydrogens is 498 g/mol. The molecule has 5 heteroatoms. The SMILES string of the molecule is Cc1cc(OCc2ccc(CCCC(=O)O)c(NC(=O)C(C)C3=c4ccccc4=CCC3C)c2)cc(C(C)C)c1. The number of fused-ring (bicyclic) bond motifs is 1. The molecule has 3 aromatic rings. The Kier molecular flexibility index (Phi) is 9.46. The highest BCUT2D eigenvalue weighted by molar-refractivity contribution is 5.98.